The number of nitrogens with one attached hydrogen (secondary N) is 1. The van der Waals surface area contributed by atoms with Gasteiger partial charge in [-0.2, -0.15) is 0 Å². The van der Waals surface area contributed by atoms with Gasteiger partial charge in [-0.3, -0.25) is 13.9 Å². The molecule has 0 aliphatic carbocycles. The molecule has 0 radical (unpaired) electrons. The van der Waals surface area contributed by atoms with Gasteiger partial charge in [0, 0.05) is 31.6 Å². The van der Waals surface area contributed by atoms with Gasteiger partial charge in [-0.05, 0) is 50.8 Å². The van der Waals surface area contributed by atoms with Gasteiger partial charge in [0.2, 0.25) is 21.8 Å². The largest absolute Gasteiger partial charge is 0.486 e. The molecular formula is C28H39N3O6S. The van der Waals surface area contributed by atoms with Crippen LogP contribution in [0.1, 0.15) is 45.6 Å². The molecule has 1 heterocycles. The summed E-state index contributed by atoms with van der Waals surface area (Å²) in [6.07, 6.45) is 2.94. The zero-order valence-electron chi connectivity index (χ0n) is 22.7. The number of rotatable bonds is 13. The maximum absolute atomic E-state index is 13.4. The summed E-state index contributed by atoms with van der Waals surface area (Å²) in [5.41, 5.74) is 1.52. The summed E-state index contributed by atoms with van der Waals surface area (Å²) in [6, 6.07) is 14.2. The monoisotopic (exact) mass is 545 g/mol. The van der Waals surface area contributed by atoms with E-state index in [2.05, 4.69) is 5.32 Å². The quantitative estimate of drug-likeness (QED) is 0.414. The molecule has 0 aromatic heterocycles. The summed E-state index contributed by atoms with van der Waals surface area (Å²) in [6.45, 7) is 6.99. The Morgan fingerprint density at radius 1 is 1.00 bits per heavy atom. The first-order chi connectivity index (χ1) is 18.1. The number of ether oxygens (including phenoxy) is 2. The first kappa shape index (κ1) is 29.3. The number of hydrogen-bond donors (Lipinski definition) is 1. The Labute approximate surface area is 226 Å². The van der Waals surface area contributed by atoms with Crippen LogP contribution in [0.5, 0.6) is 11.5 Å². The first-order valence-electron chi connectivity index (χ1n) is 13.1. The Morgan fingerprint density at radius 3 is 2.34 bits per heavy atom. The number of anilines is 1. The molecule has 9 nitrogen and oxygen atoms in total. The number of fused-ring (bicyclic) bond motifs is 1. The molecule has 0 bridgehead atoms. The van der Waals surface area contributed by atoms with Crippen LogP contribution in [-0.4, -0.2) is 69.8 Å². The molecule has 0 fully saturated rings. The molecule has 0 unspecified atom stereocenters. The van der Waals surface area contributed by atoms with Crippen molar-refractivity contribution in [3.05, 3.63) is 54.1 Å². The van der Waals surface area contributed by atoms with Gasteiger partial charge < -0.3 is 19.7 Å². The molecule has 1 N–H and O–H groups in total. The Balaban J connectivity index is 1.69. The third kappa shape index (κ3) is 8.11. The summed E-state index contributed by atoms with van der Waals surface area (Å²) in [4.78, 5) is 27.8. The van der Waals surface area contributed by atoms with Gasteiger partial charge in [0.15, 0.2) is 11.5 Å². The normalized spacial score (nSPS) is 14.3. The van der Waals surface area contributed by atoms with Crippen molar-refractivity contribution in [3.63, 3.8) is 0 Å². The maximum Gasteiger partial charge on any atom is 0.242 e. The molecule has 208 valence electrons. The van der Waals surface area contributed by atoms with Crippen LogP contribution in [0.3, 0.4) is 0 Å². The summed E-state index contributed by atoms with van der Waals surface area (Å²) in [7, 11) is -3.61. The van der Waals surface area contributed by atoms with Crippen LogP contribution in [-0.2, 0) is 26.0 Å². The fraction of sp³-hybridized carbons (Fsp3) is 0.500. The minimum absolute atomic E-state index is 0.00495. The van der Waals surface area contributed by atoms with Crippen molar-refractivity contribution >= 4 is 27.5 Å². The first-order valence-corrected chi connectivity index (χ1v) is 15.0. The average Bonchev–Trinajstić information content (AvgIpc) is 2.90. The smallest absolute Gasteiger partial charge is 0.242 e. The van der Waals surface area contributed by atoms with Crippen LogP contribution in [0.25, 0.3) is 0 Å². The summed E-state index contributed by atoms with van der Waals surface area (Å²) in [5, 5.41) is 2.96. The van der Waals surface area contributed by atoms with E-state index in [0.717, 1.165) is 18.2 Å². The molecule has 3 rings (SSSR count). The second-order valence-corrected chi connectivity index (χ2v) is 11.5. The van der Waals surface area contributed by atoms with Gasteiger partial charge >= 0.3 is 0 Å². The Morgan fingerprint density at radius 2 is 1.68 bits per heavy atom. The number of hydrogen-bond acceptors (Lipinski definition) is 6. The zero-order valence-corrected chi connectivity index (χ0v) is 23.5. The highest BCUT2D eigenvalue weighted by Gasteiger charge is 2.27. The second-order valence-electron chi connectivity index (χ2n) is 9.58. The SMILES string of the molecule is CC[C@H](C)NC(=O)[C@@H](C)N(CCc1ccccc1)C(=O)CCCN(c1ccc2c(c1)OCCO2)S(C)(=O)=O. The van der Waals surface area contributed by atoms with Crippen molar-refractivity contribution in [2.24, 2.45) is 0 Å². The van der Waals surface area contributed by atoms with Gasteiger partial charge in [0.25, 0.3) is 0 Å². The van der Waals surface area contributed by atoms with Crippen molar-refractivity contribution in [2.45, 2.75) is 58.5 Å². The Kier molecular flexibility index (Phi) is 10.4. The van der Waals surface area contributed by atoms with Crippen molar-refractivity contribution in [2.75, 3.05) is 36.9 Å². The molecule has 10 heteroatoms. The van der Waals surface area contributed by atoms with Crippen molar-refractivity contribution in [1.29, 1.82) is 0 Å². The molecule has 2 atom stereocenters. The van der Waals surface area contributed by atoms with Crippen molar-refractivity contribution in [3.8, 4) is 11.5 Å². The van der Waals surface area contributed by atoms with Crippen LogP contribution in [0.4, 0.5) is 5.69 Å². The standard InChI is InChI=1S/C28H39N3O6S/c1-5-21(2)29-28(33)22(3)30(17-15-23-10-7-6-8-11-23)27(32)12-9-16-31(38(4,34)35)24-13-14-25-26(20-24)37-19-18-36-25/h6-8,10-11,13-14,20-22H,5,9,12,15-19H2,1-4H3,(H,29,33)/t21-,22+/m0/s1. The molecule has 0 saturated heterocycles. The van der Waals surface area contributed by atoms with E-state index in [0.29, 0.717) is 49.8 Å². The summed E-state index contributed by atoms with van der Waals surface area (Å²) in [5.74, 6) is 0.673. The van der Waals surface area contributed by atoms with E-state index in [1.807, 2.05) is 44.2 Å². The number of carbonyl (C=O) groups is 2. The van der Waals surface area contributed by atoms with Crippen LogP contribution >= 0.6 is 0 Å². The van der Waals surface area contributed by atoms with Crippen molar-refractivity contribution in [1.82, 2.24) is 10.2 Å². The van der Waals surface area contributed by atoms with E-state index in [4.69, 9.17) is 9.47 Å². The van der Waals surface area contributed by atoms with Crippen LogP contribution in [0.15, 0.2) is 48.5 Å². The highest BCUT2D eigenvalue weighted by atomic mass is 32.2. The number of amides is 2. The molecule has 0 saturated carbocycles. The lowest BCUT2D eigenvalue weighted by atomic mass is 10.1. The Hall–Kier alpha value is -3.27. The lowest BCUT2D eigenvalue weighted by Crippen LogP contribution is -2.50. The number of benzene rings is 2. The van der Waals surface area contributed by atoms with Gasteiger partial charge in [-0.25, -0.2) is 8.42 Å². The van der Waals surface area contributed by atoms with Crippen LogP contribution < -0.4 is 19.1 Å². The van der Waals surface area contributed by atoms with E-state index < -0.39 is 16.1 Å². The lowest BCUT2D eigenvalue weighted by Gasteiger charge is -2.30. The summed E-state index contributed by atoms with van der Waals surface area (Å²) < 4.78 is 37.6. The predicted molar refractivity (Wildman–Crippen MR) is 148 cm³/mol. The fourth-order valence-corrected chi connectivity index (χ4v) is 5.18. The van der Waals surface area contributed by atoms with Crippen LogP contribution in [0.2, 0.25) is 0 Å². The van der Waals surface area contributed by atoms with Crippen molar-refractivity contribution < 1.29 is 27.5 Å². The van der Waals surface area contributed by atoms with Gasteiger partial charge in [-0.1, -0.05) is 37.3 Å². The minimum Gasteiger partial charge on any atom is -0.486 e. The molecule has 2 aromatic carbocycles. The minimum atomic E-state index is -3.61. The molecule has 38 heavy (non-hydrogen) atoms. The molecule has 0 spiro atoms. The third-order valence-electron chi connectivity index (χ3n) is 6.62. The molecule has 1 aliphatic rings. The predicted octanol–water partition coefficient (Wildman–Crippen LogP) is 3.38. The maximum atomic E-state index is 13.4. The number of carbonyl (C=O) groups excluding carboxylic acids is 2. The molecule has 1 aliphatic heterocycles. The highest BCUT2D eigenvalue weighted by molar-refractivity contribution is 7.92. The van der Waals surface area contributed by atoms with E-state index in [1.165, 1.54) is 4.31 Å². The molecular weight excluding hydrogens is 506 g/mol. The van der Waals surface area contributed by atoms with E-state index in [9.17, 15) is 18.0 Å². The molecule has 2 amide bonds. The van der Waals surface area contributed by atoms with Crippen LogP contribution in [0, 0.1) is 0 Å². The molecule has 2 aromatic rings. The number of sulfonamides is 1. The van der Waals surface area contributed by atoms with E-state index >= 15 is 0 Å². The summed E-state index contributed by atoms with van der Waals surface area (Å²) >= 11 is 0. The number of nitrogens with zero attached hydrogens (tertiary/aromatic N) is 2. The average molecular weight is 546 g/mol. The lowest BCUT2D eigenvalue weighted by molar-refractivity contribution is -0.140. The van der Waals surface area contributed by atoms with E-state index in [-0.39, 0.29) is 30.8 Å². The van der Waals surface area contributed by atoms with E-state index in [1.54, 1.807) is 30.0 Å². The zero-order chi connectivity index (χ0) is 27.7. The topological polar surface area (TPSA) is 105 Å². The van der Waals surface area contributed by atoms with Gasteiger partial charge in [0.05, 0.1) is 11.9 Å². The fourth-order valence-electron chi connectivity index (χ4n) is 4.23. The van der Waals surface area contributed by atoms with Gasteiger partial charge in [0.1, 0.15) is 19.3 Å². The second kappa shape index (κ2) is 13.5. The van der Waals surface area contributed by atoms with Gasteiger partial charge in [-0.15, -0.1) is 0 Å². The Bertz CT molecular complexity index is 1190. The third-order valence-corrected chi connectivity index (χ3v) is 7.81. The highest BCUT2D eigenvalue weighted by Crippen LogP contribution is 2.34.